The normalized spacial score (nSPS) is 13.1. The van der Waals surface area contributed by atoms with Gasteiger partial charge in [0.25, 0.3) is 0 Å². The molecule has 0 N–H and O–H groups in total. The van der Waals surface area contributed by atoms with Gasteiger partial charge in [0.1, 0.15) is 0 Å². The summed E-state index contributed by atoms with van der Waals surface area (Å²) in [6.45, 7) is 3.94. The molecular weight excluding hydrogens is 396 g/mol. The lowest BCUT2D eigenvalue weighted by Crippen LogP contribution is -1.92. The quantitative estimate of drug-likeness (QED) is 0.471. The van der Waals surface area contributed by atoms with Crippen LogP contribution in [0.1, 0.15) is 23.6 Å². The molecule has 2 aromatic heterocycles. The van der Waals surface area contributed by atoms with E-state index < -0.39 is 0 Å². The lowest BCUT2D eigenvalue weighted by molar-refractivity contribution is 1.22. The van der Waals surface area contributed by atoms with Gasteiger partial charge in [-0.1, -0.05) is 0 Å². The average molecular weight is 406 g/mol. The van der Waals surface area contributed by atoms with Crippen LogP contribution in [-0.2, 0) is 0 Å². The second-order valence-corrected chi connectivity index (χ2v) is 8.50. The van der Waals surface area contributed by atoms with Crippen LogP contribution in [0.4, 0.5) is 0 Å². The fourth-order valence-corrected chi connectivity index (χ4v) is 3.92. The molecule has 0 bridgehead atoms. The molecular formula is C12H10Br2N2S2. The van der Waals surface area contributed by atoms with Crippen LogP contribution in [0.5, 0.6) is 0 Å². The van der Waals surface area contributed by atoms with E-state index in [2.05, 4.69) is 42.1 Å². The summed E-state index contributed by atoms with van der Waals surface area (Å²) in [4.78, 5) is 2.26. The number of hydrogen-bond acceptors (Lipinski definition) is 4. The van der Waals surface area contributed by atoms with Gasteiger partial charge in [-0.2, -0.15) is 10.2 Å². The van der Waals surface area contributed by atoms with Gasteiger partial charge < -0.3 is 0 Å². The zero-order valence-corrected chi connectivity index (χ0v) is 14.6. The van der Waals surface area contributed by atoms with Gasteiger partial charge in [0, 0.05) is 0 Å². The van der Waals surface area contributed by atoms with Crippen molar-refractivity contribution in [1.29, 1.82) is 0 Å². The Hall–Kier alpha value is -0.300. The molecule has 2 rings (SSSR count). The Bertz CT molecular complexity index is 557. The molecule has 2 aromatic rings. The van der Waals surface area contributed by atoms with Crippen LogP contribution >= 0.6 is 54.5 Å². The van der Waals surface area contributed by atoms with Crippen LogP contribution < -0.4 is 0 Å². The standard InChI is InChI=1S/C12H10Br2N2S2/c1-7(9-3-5-11(13)17-9)15-16-8(2)10-4-6-12(14)18-10/h3-6H,1-2H3/b15-7-,16-8+. The summed E-state index contributed by atoms with van der Waals surface area (Å²) in [5, 5.41) is 8.56. The first-order chi connectivity index (χ1) is 8.56. The fourth-order valence-electron chi connectivity index (χ4n) is 1.27. The molecule has 94 valence electrons. The lowest BCUT2D eigenvalue weighted by Gasteiger charge is -1.94. The summed E-state index contributed by atoms with van der Waals surface area (Å²) in [6.07, 6.45) is 0. The molecule has 18 heavy (non-hydrogen) atoms. The Morgan fingerprint density at radius 2 is 1.22 bits per heavy atom. The second kappa shape index (κ2) is 6.23. The molecule has 0 unspecified atom stereocenters. The van der Waals surface area contributed by atoms with E-state index in [0.29, 0.717) is 0 Å². The molecule has 0 aromatic carbocycles. The smallest absolute Gasteiger partial charge is 0.0771 e. The van der Waals surface area contributed by atoms with Crippen molar-refractivity contribution >= 4 is 66.0 Å². The van der Waals surface area contributed by atoms with Crippen molar-refractivity contribution in [3.05, 3.63) is 41.6 Å². The molecule has 0 saturated carbocycles. The molecule has 0 spiro atoms. The van der Waals surface area contributed by atoms with Crippen molar-refractivity contribution in [3.8, 4) is 0 Å². The molecule has 0 radical (unpaired) electrons. The van der Waals surface area contributed by atoms with Crippen molar-refractivity contribution in [2.24, 2.45) is 10.2 Å². The monoisotopic (exact) mass is 404 g/mol. The highest BCUT2D eigenvalue weighted by molar-refractivity contribution is 9.11. The van der Waals surface area contributed by atoms with Crippen molar-refractivity contribution in [2.75, 3.05) is 0 Å². The summed E-state index contributed by atoms with van der Waals surface area (Å²) < 4.78 is 2.21. The van der Waals surface area contributed by atoms with E-state index in [1.54, 1.807) is 22.7 Å². The van der Waals surface area contributed by atoms with Gasteiger partial charge in [-0.25, -0.2) is 0 Å². The SMILES string of the molecule is C/C(=N/N=C(\C)c1ccc(Br)s1)c1ccc(Br)s1. The van der Waals surface area contributed by atoms with Crippen LogP contribution in [0, 0.1) is 0 Å². The van der Waals surface area contributed by atoms with E-state index >= 15 is 0 Å². The summed E-state index contributed by atoms with van der Waals surface area (Å²) in [5.41, 5.74) is 1.86. The molecule has 0 aliphatic rings. The van der Waals surface area contributed by atoms with Gasteiger partial charge in [-0.05, 0) is 70.0 Å². The zero-order valence-electron chi connectivity index (χ0n) is 9.78. The first kappa shape index (κ1) is 14.1. The van der Waals surface area contributed by atoms with Gasteiger partial charge in [0.2, 0.25) is 0 Å². The highest BCUT2D eigenvalue weighted by Gasteiger charge is 2.03. The maximum absolute atomic E-state index is 4.28. The Morgan fingerprint density at radius 3 is 1.50 bits per heavy atom. The van der Waals surface area contributed by atoms with Crippen LogP contribution in [0.2, 0.25) is 0 Å². The van der Waals surface area contributed by atoms with Crippen LogP contribution in [0.3, 0.4) is 0 Å². The summed E-state index contributed by atoms with van der Waals surface area (Å²) in [5.74, 6) is 0. The molecule has 2 heterocycles. The van der Waals surface area contributed by atoms with Crippen molar-refractivity contribution in [1.82, 2.24) is 0 Å². The van der Waals surface area contributed by atoms with Crippen LogP contribution in [0.15, 0.2) is 42.0 Å². The Labute approximate surface area is 131 Å². The largest absolute Gasteiger partial charge is 0.154 e. The maximum atomic E-state index is 4.28. The summed E-state index contributed by atoms with van der Waals surface area (Å²) in [7, 11) is 0. The number of nitrogens with zero attached hydrogens (tertiary/aromatic N) is 2. The van der Waals surface area contributed by atoms with Crippen molar-refractivity contribution in [2.45, 2.75) is 13.8 Å². The van der Waals surface area contributed by atoms with Gasteiger partial charge in [0.15, 0.2) is 0 Å². The van der Waals surface area contributed by atoms with Crippen molar-refractivity contribution < 1.29 is 0 Å². The third kappa shape index (κ3) is 3.60. The zero-order chi connectivity index (χ0) is 13.1. The second-order valence-electron chi connectivity index (χ2n) is 3.58. The van der Waals surface area contributed by atoms with E-state index in [0.717, 1.165) is 28.8 Å². The highest BCUT2D eigenvalue weighted by Crippen LogP contribution is 2.24. The molecule has 0 aliphatic carbocycles. The molecule has 0 amide bonds. The number of hydrogen-bond donors (Lipinski definition) is 0. The number of rotatable bonds is 3. The predicted molar refractivity (Wildman–Crippen MR) is 88.5 cm³/mol. The summed E-state index contributed by atoms with van der Waals surface area (Å²) in [6, 6.07) is 8.12. The molecule has 6 heteroatoms. The van der Waals surface area contributed by atoms with E-state index in [-0.39, 0.29) is 0 Å². The van der Waals surface area contributed by atoms with E-state index in [1.165, 1.54) is 0 Å². The first-order valence-electron chi connectivity index (χ1n) is 5.16. The van der Waals surface area contributed by atoms with E-state index in [1.807, 2.05) is 38.1 Å². The molecule has 0 fully saturated rings. The highest BCUT2D eigenvalue weighted by atomic mass is 79.9. The third-order valence-electron chi connectivity index (χ3n) is 2.21. The van der Waals surface area contributed by atoms with Gasteiger partial charge >= 0.3 is 0 Å². The molecule has 0 aliphatic heterocycles. The van der Waals surface area contributed by atoms with E-state index in [9.17, 15) is 0 Å². The Morgan fingerprint density at radius 1 is 0.833 bits per heavy atom. The summed E-state index contributed by atoms with van der Waals surface area (Å²) >= 11 is 10.2. The van der Waals surface area contributed by atoms with Crippen molar-refractivity contribution in [3.63, 3.8) is 0 Å². The van der Waals surface area contributed by atoms with Gasteiger partial charge in [-0.15, -0.1) is 22.7 Å². The average Bonchev–Trinajstić information content (AvgIpc) is 2.94. The van der Waals surface area contributed by atoms with Gasteiger partial charge in [-0.3, -0.25) is 0 Å². The molecule has 0 saturated heterocycles. The minimum absolute atomic E-state index is 0.931. The fraction of sp³-hybridized carbons (Fsp3) is 0.167. The van der Waals surface area contributed by atoms with Crippen LogP contribution in [0.25, 0.3) is 0 Å². The minimum atomic E-state index is 0.931. The first-order valence-corrected chi connectivity index (χ1v) is 8.38. The number of halogens is 2. The van der Waals surface area contributed by atoms with E-state index in [4.69, 9.17) is 0 Å². The van der Waals surface area contributed by atoms with Crippen LogP contribution in [-0.4, -0.2) is 11.4 Å². The predicted octanol–water partition coefficient (Wildman–Crippen LogP) is 5.57. The molecule has 0 atom stereocenters. The topological polar surface area (TPSA) is 24.7 Å². The lowest BCUT2D eigenvalue weighted by atomic mass is 10.3. The third-order valence-corrected chi connectivity index (χ3v) is 5.67. The Balaban J connectivity index is 2.18. The minimum Gasteiger partial charge on any atom is -0.154 e. The molecule has 2 nitrogen and oxygen atoms in total. The Kier molecular flexibility index (Phi) is 4.89. The van der Waals surface area contributed by atoms with Gasteiger partial charge in [0.05, 0.1) is 28.8 Å². The maximum Gasteiger partial charge on any atom is 0.0771 e. The number of thiophene rings is 2.